The molecule has 0 spiro atoms. The molecule has 0 fully saturated rings. The van der Waals surface area contributed by atoms with Crippen molar-refractivity contribution in [1.82, 2.24) is 5.32 Å². The van der Waals surface area contributed by atoms with Crippen LogP contribution in [0.4, 0.5) is 0 Å². The average molecular weight is 691 g/mol. The predicted octanol–water partition coefficient (Wildman–Crippen LogP) is 10.7. The van der Waals surface area contributed by atoms with E-state index < -0.39 is 20.0 Å². The normalized spacial score (nSPS) is 14.2. The minimum Gasteiger partial charge on any atom is -0.391 e. The topological polar surface area (TPSA) is 131 Å². The summed E-state index contributed by atoms with van der Waals surface area (Å²) in [6.07, 6.45) is 35.3. The molecule has 3 atom stereocenters. The van der Waals surface area contributed by atoms with E-state index in [1.165, 1.54) is 141 Å². The third-order valence-corrected chi connectivity index (χ3v) is 10.2. The molecule has 8 nitrogen and oxygen atoms in total. The molecule has 1 amide bonds. The Labute approximate surface area is 291 Å². The highest BCUT2D eigenvalue weighted by molar-refractivity contribution is 7.47. The molecule has 0 aliphatic rings. The van der Waals surface area contributed by atoms with Gasteiger partial charge < -0.3 is 21.1 Å². The lowest BCUT2D eigenvalue weighted by Crippen LogP contribution is -2.46. The van der Waals surface area contributed by atoms with Crippen molar-refractivity contribution in [3.63, 3.8) is 0 Å². The largest absolute Gasteiger partial charge is 0.472 e. The Bertz CT molecular complexity index is 714. The maximum Gasteiger partial charge on any atom is 0.472 e. The monoisotopic (exact) mass is 691 g/mol. The van der Waals surface area contributed by atoms with Crippen LogP contribution < -0.4 is 11.1 Å². The van der Waals surface area contributed by atoms with Crippen LogP contribution in [0.2, 0.25) is 0 Å². The molecule has 0 saturated carbocycles. The maximum atomic E-state index is 12.7. The molecule has 0 rings (SSSR count). The van der Waals surface area contributed by atoms with Gasteiger partial charge in [0.25, 0.3) is 0 Å². The SMILES string of the molecule is CCCCCCCCCCCCCCCCCC[C@@H](O)[C@H](COP(=O)(O)OCCN)NC(=O)CCCCCCCCCCCCCC. The van der Waals surface area contributed by atoms with Gasteiger partial charge in [0.2, 0.25) is 5.91 Å². The molecular weight excluding hydrogens is 611 g/mol. The number of hydrogen-bond acceptors (Lipinski definition) is 6. The summed E-state index contributed by atoms with van der Waals surface area (Å²) in [4.78, 5) is 22.6. The number of nitrogens with two attached hydrogens (primary N) is 1. The summed E-state index contributed by atoms with van der Waals surface area (Å²) in [5, 5.41) is 13.8. The lowest BCUT2D eigenvalue weighted by atomic mass is 10.0. The standard InChI is InChI=1S/C38H79N2O6P/c1-3-5-7-9-11-13-15-17-18-19-20-21-23-25-27-29-31-37(41)36(35-46-47(43,44)45-34-33-39)40-38(42)32-30-28-26-24-22-16-14-12-10-8-6-4-2/h36-37,41H,3-35,39H2,1-2H3,(H,40,42)(H,43,44)/t36-,37+/m0/s1. The summed E-state index contributed by atoms with van der Waals surface area (Å²) in [7, 11) is -4.30. The van der Waals surface area contributed by atoms with E-state index in [-0.39, 0.29) is 25.7 Å². The van der Waals surface area contributed by atoms with Crippen molar-refractivity contribution in [2.24, 2.45) is 5.73 Å². The van der Waals surface area contributed by atoms with Gasteiger partial charge in [0.05, 0.1) is 25.4 Å². The summed E-state index contributed by atoms with van der Waals surface area (Å²) < 4.78 is 22.1. The highest BCUT2D eigenvalue weighted by Crippen LogP contribution is 2.43. The van der Waals surface area contributed by atoms with E-state index >= 15 is 0 Å². The lowest BCUT2D eigenvalue weighted by molar-refractivity contribution is -0.123. The molecule has 0 bridgehead atoms. The molecule has 0 aromatic heterocycles. The van der Waals surface area contributed by atoms with Gasteiger partial charge in [-0.05, 0) is 12.8 Å². The Morgan fingerprint density at radius 3 is 1.36 bits per heavy atom. The zero-order valence-corrected chi connectivity index (χ0v) is 31.9. The van der Waals surface area contributed by atoms with Crippen LogP contribution in [0.15, 0.2) is 0 Å². The minimum atomic E-state index is -4.30. The van der Waals surface area contributed by atoms with Gasteiger partial charge >= 0.3 is 7.82 Å². The van der Waals surface area contributed by atoms with Crippen LogP contribution in [0.5, 0.6) is 0 Å². The molecule has 0 aliphatic carbocycles. The third kappa shape index (κ3) is 33.8. The van der Waals surface area contributed by atoms with Gasteiger partial charge in [-0.1, -0.05) is 187 Å². The fourth-order valence-electron chi connectivity index (χ4n) is 6.14. The van der Waals surface area contributed by atoms with Gasteiger partial charge in [-0.3, -0.25) is 13.8 Å². The summed E-state index contributed by atoms with van der Waals surface area (Å²) in [6.45, 7) is 4.21. The molecule has 0 aromatic rings. The number of rotatable bonds is 38. The number of aliphatic hydroxyl groups excluding tert-OH is 1. The zero-order chi connectivity index (χ0) is 34.7. The first-order valence-corrected chi connectivity index (χ1v) is 21.6. The molecule has 0 radical (unpaired) electrons. The number of amides is 1. The van der Waals surface area contributed by atoms with Crippen LogP contribution in [-0.2, 0) is 18.4 Å². The molecule has 282 valence electrons. The number of carbonyl (C=O) groups is 1. The number of phosphoric acid groups is 1. The van der Waals surface area contributed by atoms with E-state index in [0.29, 0.717) is 12.8 Å². The van der Waals surface area contributed by atoms with Gasteiger partial charge in [-0.2, -0.15) is 0 Å². The molecule has 0 aliphatic heterocycles. The van der Waals surface area contributed by atoms with Crippen molar-refractivity contribution in [3.8, 4) is 0 Å². The molecule has 1 unspecified atom stereocenters. The van der Waals surface area contributed by atoms with Crippen LogP contribution in [0.3, 0.4) is 0 Å². The number of hydrogen-bond donors (Lipinski definition) is 4. The first kappa shape index (κ1) is 46.5. The summed E-state index contributed by atoms with van der Waals surface area (Å²) in [5.41, 5.74) is 5.37. The van der Waals surface area contributed by atoms with Gasteiger partial charge in [-0.25, -0.2) is 4.57 Å². The van der Waals surface area contributed by atoms with Crippen LogP contribution in [0.1, 0.15) is 206 Å². The Morgan fingerprint density at radius 1 is 0.617 bits per heavy atom. The first-order chi connectivity index (χ1) is 22.9. The third-order valence-electron chi connectivity index (χ3n) is 9.21. The van der Waals surface area contributed by atoms with Crippen molar-refractivity contribution in [3.05, 3.63) is 0 Å². The summed E-state index contributed by atoms with van der Waals surface area (Å²) >= 11 is 0. The molecular formula is C38H79N2O6P. The second-order valence-corrected chi connectivity index (χ2v) is 15.3. The van der Waals surface area contributed by atoms with E-state index in [0.717, 1.165) is 38.5 Å². The second-order valence-electron chi connectivity index (χ2n) is 13.9. The molecule has 0 heterocycles. The average Bonchev–Trinajstić information content (AvgIpc) is 3.05. The number of carbonyl (C=O) groups excluding carboxylic acids is 1. The van der Waals surface area contributed by atoms with Crippen molar-refractivity contribution >= 4 is 13.7 Å². The fraction of sp³-hybridized carbons (Fsp3) is 0.974. The van der Waals surface area contributed by atoms with Crippen molar-refractivity contribution in [1.29, 1.82) is 0 Å². The van der Waals surface area contributed by atoms with E-state index in [4.69, 9.17) is 14.8 Å². The zero-order valence-electron chi connectivity index (χ0n) is 31.0. The number of phosphoric ester groups is 1. The first-order valence-electron chi connectivity index (χ1n) is 20.2. The number of nitrogens with one attached hydrogen (secondary N) is 1. The van der Waals surface area contributed by atoms with E-state index in [1.807, 2.05) is 0 Å². The highest BCUT2D eigenvalue weighted by atomic mass is 31.2. The predicted molar refractivity (Wildman–Crippen MR) is 199 cm³/mol. The fourth-order valence-corrected chi connectivity index (χ4v) is 6.90. The Hall–Kier alpha value is -0.500. The summed E-state index contributed by atoms with van der Waals surface area (Å²) in [5.74, 6) is -0.160. The molecule has 47 heavy (non-hydrogen) atoms. The van der Waals surface area contributed by atoms with Crippen LogP contribution in [0.25, 0.3) is 0 Å². The van der Waals surface area contributed by atoms with E-state index in [9.17, 15) is 19.4 Å². The Morgan fingerprint density at radius 2 is 0.979 bits per heavy atom. The van der Waals surface area contributed by atoms with Crippen molar-refractivity contribution in [2.45, 2.75) is 219 Å². The molecule has 0 saturated heterocycles. The number of unbranched alkanes of at least 4 members (excludes halogenated alkanes) is 26. The number of aliphatic hydroxyl groups is 1. The molecule has 5 N–H and O–H groups in total. The Balaban J connectivity index is 4.17. The lowest BCUT2D eigenvalue weighted by Gasteiger charge is -2.25. The van der Waals surface area contributed by atoms with Crippen molar-refractivity contribution in [2.75, 3.05) is 19.8 Å². The molecule has 9 heteroatoms. The van der Waals surface area contributed by atoms with E-state index in [1.54, 1.807) is 0 Å². The summed E-state index contributed by atoms with van der Waals surface area (Å²) in [6, 6.07) is -0.766. The molecule has 0 aromatic carbocycles. The van der Waals surface area contributed by atoms with Gasteiger partial charge in [-0.15, -0.1) is 0 Å². The second kappa shape index (κ2) is 35.3. The van der Waals surface area contributed by atoms with E-state index in [2.05, 4.69) is 19.2 Å². The smallest absolute Gasteiger partial charge is 0.391 e. The van der Waals surface area contributed by atoms with Gasteiger partial charge in [0.15, 0.2) is 0 Å². The van der Waals surface area contributed by atoms with Gasteiger partial charge in [0.1, 0.15) is 0 Å². The Kier molecular flexibility index (Phi) is 35.0. The van der Waals surface area contributed by atoms with Gasteiger partial charge in [0, 0.05) is 13.0 Å². The van der Waals surface area contributed by atoms with Crippen LogP contribution >= 0.6 is 7.82 Å². The maximum absolute atomic E-state index is 12.7. The van der Waals surface area contributed by atoms with Crippen molar-refractivity contribution < 1.29 is 28.4 Å². The van der Waals surface area contributed by atoms with Crippen LogP contribution in [-0.4, -0.2) is 47.8 Å². The quantitative estimate of drug-likeness (QED) is 0.0374. The highest BCUT2D eigenvalue weighted by Gasteiger charge is 2.27. The van der Waals surface area contributed by atoms with Crippen LogP contribution in [0, 0.1) is 0 Å². The minimum absolute atomic E-state index is 0.0923.